The average molecular weight is 232 g/mol. The second-order valence-electron chi connectivity index (χ2n) is 4.67. The first-order valence-electron chi connectivity index (χ1n) is 6.35. The number of anilines is 1. The van der Waals surface area contributed by atoms with Gasteiger partial charge >= 0.3 is 0 Å². The molecule has 17 heavy (non-hydrogen) atoms. The van der Waals surface area contributed by atoms with Crippen molar-refractivity contribution in [3.05, 3.63) is 29.8 Å². The minimum absolute atomic E-state index is 0.0310. The maximum Gasteiger partial charge on any atom is 0.251 e. The highest BCUT2D eigenvalue weighted by atomic mass is 16.1. The summed E-state index contributed by atoms with van der Waals surface area (Å²) in [6.07, 6.45) is 5.14. The summed E-state index contributed by atoms with van der Waals surface area (Å²) in [6, 6.07) is 7.53. The maximum atomic E-state index is 11.8. The lowest BCUT2D eigenvalue weighted by Gasteiger charge is -2.06. The van der Waals surface area contributed by atoms with Crippen LogP contribution in [0.3, 0.4) is 0 Å². The Morgan fingerprint density at radius 1 is 1.29 bits per heavy atom. The molecule has 0 atom stereocenters. The summed E-state index contributed by atoms with van der Waals surface area (Å²) in [5.41, 5.74) is 1.76. The van der Waals surface area contributed by atoms with Gasteiger partial charge in [0, 0.05) is 24.8 Å². The normalized spacial score (nSPS) is 14.4. The molecule has 1 aliphatic carbocycles. The van der Waals surface area contributed by atoms with E-state index >= 15 is 0 Å². The zero-order valence-electron chi connectivity index (χ0n) is 10.3. The molecule has 0 radical (unpaired) electrons. The van der Waals surface area contributed by atoms with Crippen molar-refractivity contribution in [1.29, 1.82) is 0 Å². The van der Waals surface area contributed by atoms with Crippen molar-refractivity contribution >= 4 is 11.6 Å². The summed E-state index contributed by atoms with van der Waals surface area (Å²) in [6.45, 7) is 0.795. The largest absolute Gasteiger partial charge is 0.388 e. The number of benzene rings is 1. The van der Waals surface area contributed by atoms with E-state index in [0.717, 1.165) is 30.1 Å². The first-order valence-corrected chi connectivity index (χ1v) is 6.35. The zero-order chi connectivity index (χ0) is 12.1. The van der Waals surface area contributed by atoms with E-state index in [-0.39, 0.29) is 5.91 Å². The third-order valence-corrected chi connectivity index (χ3v) is 3.21. The van der Waals surface area contributed by atoms with Crippen molar-refractivity contribution in [3.8, 4) is 0 Å². The molecule has 3 nitrogen and oxygen atoms in total. The van der Waals surface area contributed by atoms with Gasteiger partial charge in [-0.15, -0.1) is 0 Å². The molecule has 0 heterocycles. The molecule has 92 valence electrons. The van der Waals surface area contributed by atoms with E-state index in [1.54, 1.807) is 0 Å². The van der Waals surface area contributed by atoms with Crippen LogP contribution in [0.1, 0.15) is 36.0 Å². The van der Waals surface area contributed by atoms with Crippen LogP contribution >= 0.6 is 0 Å². The molecule has 0 saturated heterocycles. The SMILES string of the molecule is CNc1ccc(C(=O)NCCCC2CC2)cc1. The molecule has 1 aliphatic rings. The standard InChI is InChI=1S/C14H20N2O/c1-15-13-8-6-12(7-9-13)14(17)16-10-2-3-11-4-5-11/h6-9,11,15H,2-5,10H2,1H3,(H,16,17). The van der Waals surface area contributed by atoms with Crippen molar-refractivity contribution in [2.75, 3.05) is 18.9 Å². The smallest absolute Gasteiger partial charge is 0.251 e. The molecule has 0 spiro atoms. The number of carbonyl (C=O) groups excluding carboxylic acids is 1. The number of rotatable bonds is 6. The molecule has 3 heteroatoms. The Hall–Kier alpha value is -1.51. The second kappa shape index (κ2) is 5.71. The first kappa shape index (κ1) is 12.0. The van der Waals surface area contributed by atoms with Gasteiger partial charge in [-0.05, 0) is 43.0 Å². The van der Waals surface area contributed by atoms with Crippen molar-refractivity contribution in [2.45, 2.75) is 25.7 Å². The summed E-state index contributed by atoms with van der Waals surface area (Å²) < 4.78 is 0. The van der Waals surface area contributed by atoms with E-state index in [2.05, 4.69) is 10.6 Å². The topological polar surface area (TPSA) is 41.1 Å². The Labute approximate surface area is 103 Å². The van der Waals surface area contributed by atoms with Gasteiger partial charge in [0.15, 0.2) is 0 Å². The van der Waals surface area contributed by atoms with E-state index in [9.17, 15) is 4.79 Å². The molecule has 2 rings (SSSR count). The van der Waals surface area contributed by atoms with Gasteiger partial charge < -0.3 is 10.6 Å². The Kier molecular flexibility index (Phi) is 4.02. The molecular formula is C14H20N2O. The predicted octanol–water partition coefficient (Wildman–Crippen LogP) is 2.65. The number of amides is 1. The molecule has 0 aliphatic heterocycles. The van der Waals surface area contributed by atoms with Crippen LogP contribution in [0.25, 0.3) is 0 Å². The summed E-state index contributed by atoms with van der Waals surface area (Å²) in [4.78, 5) is 11.8. The molecule has 0 unspecified atom stereocenters. The molecular weight excluding hydrogens is 212 g/mol. The van der Waals surface area contributed by atoms with E-state index in [0.29, 0.717) is 0 Å². The fraction of sp³-hybridized carbons (Fsp3) is 0.500. The van der Waals surface area contributed by atoms with Crippen LogP contribution in [0.4, 0.5) is 5.69 Å². The van der Waals surface area contributed by atoms with Gasteiger partial charge in [-0.3, -0.25) is 4.79 Å². The molecule has 0 aromatic heterocycles. The summed E-state index contributed by atoms with van der Waals surface area (Å²) in [7, 11) is 1.87. The molecule has 2 N–H and O–H groups in total. The van der Waals surface area contributed by atoms with Crippen LogP contribution < -0.4 is 10.6 Å². The fourth-order valence-electron chi connectivity index (χ4n) is 1.89. The molecule has 1 fully saturated rings. The third-order valence-electron chi connectivity index (χ3n) is 3.21. The lowest BCUT2D eigenvalue weighted by atomic mass is 10.2. The molecule has 1 aromatic carbocycles. The van der Waals surface area contributed by atoms with Crippen LogP contribution in [0.5, 0.6) is 0 Å². The lowest BCUT2D eigenvalue weighted by Crippen LogP contribution is -2.24. The average Bonchev–Trinajstić information content (AvgIpc) is 3.18. The molecule has 1 saturated carbocycles. The van der Waals surface area contributed by atoms with Crippen molar-refractivity contribution in [1.82, 2.24) is 5.32 Å². The van der Waals surface area contributed by atoms with Gasteiger partial charge in [0.05, 0.1) is 0 Å². The first-order chi connectivity index (χ1) is 8.29. The van der Waals surface area contributed by atoms with Crippen LogP contribution in [-0.4, -0.2) is 19.5 Å². The maximum absolute atomic E-state index is 11.8. The summed E-state index contributed by atoms with van der Waals surface area (Å²) in [5, 5.41) is 5.99. The third kappa shape index (κ3) is 3.77. The second-order valence-corrected chi connectivity index (χ2v) is 4.67. The number of hydrogen-bond donors (Lipinski definition) is 2. The minimum Gasteiger partial charge on any atom is -0.388 e. The highest BCUT2D eigenvalue weighted by Crippen LogP contribution is 2.33. The summed E-state index contributed by atoms with van der Waals surface area (Å²) >= 11 is 0. The Morgan fingerprint density at radius 2 is 2.00 bits per heavy atom. The fourth-order valence-corrected chi connectivity index (χ4v) is 1.89. The van der Waals surface area contributed by atoms with Gasteiger partial charge in [-0.25, -0.2) is 0 Å². The van der Waals surface area contributed by atoms with E-state index in [1.165, 1.54) is 19.3 Å². The Balaban J connectivity index is 1.73. The quantitative estimate of drug-likeness (QED) is 0.740. The zero-order valence-corrected chi connectivity index (χ0v) is 10.3. The molecule has 1 amide bonds. The van der Waals surface area contributed by atoms with Crippen molar-refractivity contribution in [3.63, 3.8) is 0 Å². The van der Waals surface area contributed by atoms with Gasteiger partial charge in [-0.2, -0.15) is 0 Å². The number of carbonyl (C=O) groups is 1. The van der Waals surface area contributed by atoms with Gasteiger partial charge in [0.25, 0.3) is 5.91 Å². The van der Waals surface area contributed by atoms with Crippen LogP contribution in [0, 0.1) is 5.92 Å². The Morgan fingerprint density at radius 3 is 2.59 bits per heavy atom. The van der Waals surface area contributed by atoms with Gasteiger partial charge in [0.2, 0.25) is 0 Å². The highest BCUT2D eigenvalue weighted by molar-refractivity contribution is 5.94. The predicted molar refractivity (Wildman–Crippen MR) is 70.3 cm³/mol. The Bertz CT molecular complexity index is 368. The van der Waals surface area contributed by atoms with Crippen molar-refractivity contribution in [2.24, 2.45) is 5.92 Å². The lowest BCUT2D eigenvalue weighted by molar-refractivity contribution is 0.0953. The van der Waals surface area contributed by atoms with Crippen LogP contribution in [0.15, 0.2) is 24.3 Å². The summed E-state index contributed by atoms with van der Waals surface area (Å²) in [5.74, 6) is 0.977. The number of hydrogen-bond acceptors (Lipinski definition) is 2. The monoisotopic (exact) mass is 232 g/mol. The van der Waals surface area contributed by atoms with E-state index < -0.39 is 0 Å². The minimum atomic E-state index is 0.0310. The van der Waals surface area contributed by atoms with Gasteiger partial charge in [0.1, 0.15) is 0 Å². The molecule has 0 bridgehead atoms. The van der Waals surface area contributed by atoms with Gasteiger partial charge in [-0.1, -0.05) is 12.8 Å². The number of nitrogens with one attached hydrogen (secondary N) is 2. The highest BCUT2D eigenvalue weighted by Gasteiger charge is 2.20. The van der Waals surface area contributed by atoms with Crippen LogP contribution in [0.2, 0.25) is 0 Å². The van der Waals surface area contributed by atoms with E-state index in [1.807, 2.05) is 31.3 Å². The van der Waals surface area contributed by atoms with Crippen molar-refractivity contribution < 1.29 is 4.79 Å². The molecule has 1 aromatic rings. The van der Waals surface area contributed by atoms with E-state index in [4.69, 9.17) is 0 Å². The van der Waals surface area contributed by atoms with Crippen LogP contribution in [-0.2, 0) is 0 Å².